The summed E-state index contributed by atoms with van der Waals surface area (Å²) in [5.41, 5.74) is 2.48. The van der Waals surface area contributed by atoms with Crippen LogP contribution >= 0.6 is 15.9 Å². The Hall–Kier alpha value is -2.01. The van der Waals surface area contributed by atoms with Crippen molar-refractivity contribution in [3.8, 4) is 11.5 Å². The first-order valence-electron chi connectivity index (χ1n) is 9.60. The zero-order valence-corrected chi connectivity index (χ0v) is 17.5. The maximum Gasteiger partial charge on any atom is 0.347 e. The van der Waals surface area contributed by atoms with Crippen molar-refractivity contribution < 1.29 is 14.3 Å². The second-order valence-electron chi connectivity index (χ2n) is 6.80. The summed E-state index contributed by atoms with van der Waals surface area (Å²) < 4.78 is 12.6. The Kier molecular flexibility index (Phi) is 6.78. The lowest BCUT2D eigenvalue weighted by atomic mass is 10.0. The van der Waals surface area contributed by atoms with Gasteiger partial charge in [-0.15, -0.1) is 0 Å². The molecule has 0 aromatic heterocycles. The summed E-state index contributed by atoms with van der Waals surface area (Å²) in [6, 6.07) is 11.1. The number of anilines is 1. The first-order valence-corrected chi connectivity index (χ1v) is 10.4. The van der Waals surface area contributed by atoms with Crippen molar-refractivity contribution in [3.63, 3.8) is 0 Å². The zero-order chi connectivity index (χ0) is 19.2. The molecule has 0 unspecified atom stereocenters. The summed E-state index contributed by atoms with van der Waals surface area (Å²) in [5, 5.41) is 0. The fourth-order valence-corrected chi connectivity index (χ4v) is 4.16. The van der Waals surface area contributed by atoms with Crippen LogP contribution in [0.1, 0.15) is 48.5 Å². The normalized spacial score (nSPS) is 13.7. The van der Waals surface area contributed by atoms with Gasteiger partial charge in [-0.2, -0.15) is 0 Å². The molecule has 0 spiro atoms. The molecule has 4 nitrogen and oxygen atoms in total. The zero-order valence-electron chi connectivity index (χ0n) is 16.0. The molecular formula is C22H26BrNO3. The Morgan fingerprint density at radius 1 is 1.19 bits per heavy atom. The van der Waals surface area contributed by atoms with Crippen LogP contribution in [-0.2, 0) is 0 Å². The van der Waals surface area contributed by atoms with Crippen LogP contribution in [-0.4, -0.2) is 25.7 Å². The maximum absolute atomic E-state index is 13.0. The number of carbonyl (C=O) groups is 1. The molecule has 0 atom stereocenters. The number of carbonyl (C=O) groups excluding carboxylic acids is 1. The Morgan fingerprint density at radius 3 is 2.56 bits per heavy atom. The van der Waals surface area contributed by atoms with Gasteiger partial charge in [-0.3, -0.25) is 0 Å². The molecule has 0 N–H and O–H groups in total. The van der Waals surface area contributed by atoms with Crippen LogP contribution in [0.3, 0.4) is 0 Å². The minimum Gasteiger partial charge on any atom is -0.493 e. The van der Waals surface area contributed by atoms with Crippen molar-refractivity contribution in [1.82, 2.24) is 0 Å². The Bertz CT molecular complexity index is 786. The van der Waals surface area contributed by atoms with E-state index in [0.29, 0.717) is 23.7 Å². The maximum atomic E-state index is 13.0. The van der Waals surface area contributed by atoms with Crippen molar-refractivity contribution in [3.05, 3.63) is 52.0 Å². The largest absolute Gasteiger partial charge is 0.493 e. The first kappa shape index (κ1) is 19.7. The highest BCUT2D eigenvalue weighted by molar-refractivity contribution is 9.10. The third-order valence-corrected chi connectivity index (χ3v) is 5.40. The number of ether oxygens (including phenoxy) is 2. The molecule has 1 aliphatic rings. The number of unbranched alkanes of at least 4 members (excludes halogenated alkanes) is 1. The van der Waals surface area contributed by atoms with E-state index in [2.05, 4.69) is 27.8 Å². The number of hydrogen-bond donors (Lipinski definition) is 0. The fraction of sp³-hybridized carbons (Fsp3) is 0.409. The molecule has 0 amide bonds. The average Bonchev–Trinajstić information content (AvgIpc) is 3.16. The van der Waals surface area contributed by atoms with Crippen LogP contribution in [0.5, 0.6) is 11.5 Å². The van der Waals surface area contributed by atoms with Crippen LogP contribution in [0.15, 0.2) is 40.9 Å². The fourth-order valence-electron chi connectivity index (χ4n) is 3.41. The number of benzene rings is 2. The van der Waals surface area contributed by atoms with E-state index in [-0.39, 0.29) is 5.97 Å². The molecule has 1 saturated heterocycles. The van der Waals surface area contributed by atoms with Gasteiger partial charge in [0.25, 0.3) is 0 Å². The summed E-state index contributed by atoms with van der Waals surface area (Å²) in [6.07, 6.45) is 4.32. The van der Waals surface area contributed by atoms with Crippen LogP contribution in [0.4, 0.5) is 5.69 Å². The van der Waals surface area contributed by atoms with E-state index >= 15 is 0 Å². The van der Waals surface area contributed by atoms with Gasteiger partial charge in [0.1, 0.15) is 17.1 Å². The highest BCUT2D eigenvalue weighted by atomic mass is 79.9. The van der Waals surface area contributed by atoms with Crippen LogP contribution < -0.4 is 14.4 Å². The van der Waals surface area contributed by atoms with E-state index in [4.69, 9.17) is 9.47 Å². The summed E-state index contributed by atoms with van der Waals surface area (Å²) in [7, 11) is 0. The van der Waals surface area contributed by atoms with E-state index in [1.807, 2.05) is 31.2 Å². The van der Waals surface area contributed by atoms with E-state index in [0.717, 1.165) is 41.7 Å². The monoisotopic (exact) mass is 431 g/mol. The predicted molar refractivity (Wildman–Crippen MR) is 112 cm³/mol. The molecule has 27 heavy (non-hydrogen) atoms. The van der Waals surface area contributed by atoms with Gasteiger partial charge in [0.05, 0.1) is 12.3 Å². The molecule has 144 valence electrons. The summed E-state index contributed by atoms with van der Waals surface area (Å²) in [6.45, 7) is 6.68. The van der Waals surface area contributed by atoms with Crippen molar-refractivity contribution in [2.24, 2.45) is 0 Å². The number of para-hydroxylation sites is 1. The molecule has 0 radical (unpaired) electrons. The Balaban J connectivity index is 1.98. The lowest BCUT2D eigenvalue weighted by molar-refractivity contribution is 0.0729. The summed E-state index contributed by atoms with van der Waals surface area (Å²) in [5.74, 6) is 0.738. The van der Waals surface area contributed by atoms with Crippen molar-refractivity contribution in [2.45, 2.75) is 39.5 Å². The van der Waals surface area contributed by atoms with Crippen LogP contribution in [0, 0.1) is 6.92 Å². The van der Waals surface area contributed by atoms with Gasteiger partial charge < -0.3 is 14.4 Å². The molecule has 2 aromatic rings. The smallest absolute Gasteiger partial charge is 0.347 e. The number of rotatable bonds is 7. The van der Waals surface area contributed by atoms with E-state index < -0.39 is 0 Å². The van der Waals surface area contributed by atoms with Gasteiger partial charge in [-0.05, 0) is 65.9 Å². The number of hydrogen-bond acceptors (Lipinski definition) is 4. The minimum absolute atomic E-state index is 0.377. The van der Waals surface area contributed by atoms with Crippen molar-refractivity contribution in [2.75, 3.05) is 24.6 Å². The molecule has 2 aromatic carbocycles. The third kappa shape index (κ3) is 4.64. The lowest BCUT2D eigenvalue weighted by Gasteiger charge is -2.25. The Morgan fingerprint density at radius 2 is 1.89 bits per heavy atom. The van der Waals surface area contributed by atoms with Gasteiger partial charge in [0.2, 0.25) is 0 Å². The number of halogens is 1. The topological polar surface area (TPSA) is 38.8 Å². The van der Waals surface area contributed by atoms with Crippen LogP contribution in [0.2, 0.25) is 0 Å². The molecule has 0 bridgehead atoms. The quantitative estimate of drug-likeness (QED) is 0.317. The predicted octanol–water partition coefficient (Wildman–Crippen LogP) is 5.76. The standard InChI is InChI=1S/C22H26BrNO3/c1-3-4-14-26-19-15-18(23)21(24-12-8-9-13-24)16(2)20(19)22(25)27-17-10-6-5-7-11-17/h5-7,10-11,15H,3-4,8-9,12-14H2,1-2H3. The molecular weight excluding hydrogens is 406 g/mol. The molecule has 3 rings (SSSR count). The van der Waals surface area contributed by atoms with E-state index in [9.17, 15) is 4.79 Å². The third-order valence-electron chi connectivity index (χ3n) is 4.80. The Labute approximate surface area is 169 Å². The van der Waals surface area contributed by atoms with Crippen molar-refractivity contribution >= 4 is 27.6 Å². The second kappa shape index (κ2) is 9.27. The number of nitrogens with zero attached hydrogens (tertiary/aromatic N) is 1. The van der Waals surface area contributed by atoms with Gasteiger partial charge in [-0.25, -0.2) is 4.79 Å². The number of esters is 1. The highest BCUT2D eigenvalue weighted by Gasteiger charge is 2.26. The molecule has 0 aliphatic carbocycles. The molecule has 1 heterocycles. The highest BCUT2D eigenvalue weighted by Crippen LogP contribution is 2.40. The van der Waals surface area contributed by atoms with Gasteiger partial charge in [0.15, 0.2) is 0 Å². The summed E-state index contributed by atoms with van der Waals surface area (Å²) >= 11 is 3.69. The minimum atomic E-state index is -0.377. The molecule has 5 heteroatoms. The lowest BCUT2D eigenvalue weighted by Crippen LogP contribution is -2.22. The van der Waals surface area contributed by atoms with E-state index in [1.165, 1.54) is 12.8 Å². The van der Waals surface area contributed by atoms with Gasteiger partial charge in [-0.1, -0.05) is 31.5 Å². The molecule has 0 saturated carbocycles. The molecule has 1 fully saturated rings. The average molecular weight is 432 g/mol. The van der Waals surface area contributed by atoms with Crippen LogP contribution in [0.25, 0.3) is 0 Å². The summed E-state index contributed by atoms with van der Waals surface area (Å²) in [4.78, 5) is 15.4. The molecule has 1 aliphatic heterocycles. The van der Waals surface area contributed by atoms with Gasteiger partial charge in [0, 0.05) is 17.6 Å². The van der Waals surface area contributed by atoms with E-state index in [1.54, 1.807) is 12.1 Å². The second-order valence-corrected chi connectivity index (χ2v) is 7.66. The first-order chi connectivity index (χ1) is 13.1. The van der Waals surface area contributed by atoms with Crippen molar-refractivity contribution in [1.29, 1.82) is 0 Å². The van der Waals surface area contributed by atoms with Gasteiger partial charge >= 0.3 is 5.97 Å². The SMILES string of the molecule is CCCCOc1cc(Br)c(N2CCCC2)c(C)c1C(=O)Oc1ccccc1.